The van der Waals surface area contributed by atoms with Crippen molar-refractivity contribution >= 4 is 57.2 Å². The van der Waals surface area contributed by atoms with Gasteiger partial charge < -0.3 is 15.5 Å². The molecule has 1 aliphatic rings. The van der Waals surface area contributed by atoms with E-state index in [0.717, 1.165) is 36.9 Å². The normalized spacial score (nSPS) is 15.1. The van der Waals surface area contributed by atoms with Gasteiger partial charge in [0.15, 0.2) is 5.96 Å². The topological polar surface area (TPSA) is 104 Å². The van der Waals surface area contributed by atoms with Crippen LogP contribution in [0.4, 0.5) is 5.69 Å². The van der Waals surface area contributed by atoms with Gasteiger partial charge >= 0.3 is 0 Å². The fourth-order valence-corrected chi connectivity index (χ4v) is 4.00. The molecule has 11 heteroatoms. The van der Waals surface area contributed by atoms with E-state index < -0.39 is 10.0 Å². The molecule has 3 rings (SSSR count). The summed E-state index contributed by atoms with van der Waals surface area (Å²) in [6, 6.07) is 10.8. The van der Waals surface area contributed by atoms with Crippen molar-refractivity contribution in [3.05, 3.63) is 53.8 Å². The van der Waals surface area contributed by atoms with E-state index in [1.54, 1.807) is 6.07 Å². The van der Waals surface area contributed by atoms with Crippen molar-refractivity contribution in [2.45, 2.75) is 4.90 Å². The van der Waals surface area contributed by atoms with Gasteiger partial charge in [0.05, 0.1) is 6.54 Å². The Labute approximate surface area is 193 Å². The highest BCUT2D eigenvalue weighted by Gasteiger charge is 2.18. The van der Waals surface area contributed by atoms with Crippen molar-refractivity contribution in [1.82, 2.24) is 14.6 Å². The molecule has 158 valence electrons. The first-order valence-electron chi connectivity index (χ1n) is 8.91. The first-order valence-corrected chi connectivity index (χ1v) is 10.8. The number of aromatic nitrogens is 1. The summed E-state index contributed by atoms with van der Waals surface area (Å²) in [4.78, 5) is 12.5. The van der Waals surface area contributed by atoms with E-state index in [2.05, 4.69) is 19.6 Å². The number of anilines is 1. The van der Waals surface area contributed by atoms with E-state index in [1.807, 2.05) is 29.2 Å². The van der Waals surface area contributed by atoms with E-state index in [4.69, 9.17) is 17.3 Å². The van der Waals surface area contributed by atoms with Crippen molar-refractivity contribution in [1.29, 1.82) is 0 Å². The molecule has 0 aliphatic carbocycles. The van der Waals surface area contributed by atoms with E-state index in [-0.39, 0.29) is 42.0 Å². The summed E-state index contributed by atoms with van der Waals surface area (Å²) in [6.07, 6.45) is 2.83. The Morgan fingerprint density at radius 2 is 1.86 bits per heavy atom. The molecule has 29 heavy (non-hydrogen) atoms. The summed E-state index contributed by atoms with van der Waals surface area (Å²) in [7, 11) is -3.58. The molecule has 3 N–H and O–H groups in total. The van der Waals surface area contributed by atoms with Crippen molar-refractivity contribution < 1.29 is 8.42 Å². The highest BCUT2D eigenvalue weighted by Crippen LogP contribution is 2.19. The van der Waals surface area contributed by atoms with E-state index in [9.17, 15) is 8.42 Å². The fraction of sp³-hybridized carbons (Fsp3) is 0.333. The van der Waals surface area contributed by atoms with Gasteiger partial charge in [0.25, 0.3) is 0 Å². The number of hydrogen-bond acceptors (Lipinski definition) is 5. The minimum atomic E-state index is -3.58. The number of guanidine groups is 1. The lowest BCUT2D eigenvalue weighted by Crippen LogP contribution is -2.51. The number of pyridine rings is 1. The number of aliphatic imine (C=N–C) groups is 1. The number of hydrogen-bond donors (Lipinski definition) is 2. The number of rotatable bonds is 6. The Bertz CT molecular complexity index is 904. The summed E-state index contributed by atoms with van der Waals surface area (Å²) in [6.45, 7) is 3.58. The van der Waals surface area contributed by atoms with E-state index in [0.29, 0.717) is 5.96 Å². The predicted molar refractivity (Wildman–Crippen MR) is 127 cm³/mol. The zero-order valence-corrected chi connectivity index (χ0v) is 19.6. The van der Waals surface area contributed by atoms with Gasteiger partial charge in [-0.2, -0.15) is 0 Å². The van der Waals surface area contributed by atoms with Crippen LogP contribution in [0, 0.1) is 0 Å². The first kappa shape index (κ1) is 23.6. The average molecular weight is 551 g/mol. The summed E-state index contributed by atoms with van der Waals surface area (Å²) in [5, 5.41) is 0.720. The van der Waals surface area contributed by atoms with Gasteiger partial charge in [-0.05, 0) is 36.4 Å². The third kappa shape index (κ3) is 6.69. The van der Waals surface area contributed by atoms with Crippen LogP contribution in [0.2, 0.25) is 5.02 Å². The molecule has 0 saturated carbocycles. The zero-order chi connectivity index (χ0) is 20.0. The molecule has 1 aromatic heterocycles. The molecular weight excluding hydrogens is 527 g/mol. The second-order valence-corrected chi connectivity index (χ2v) is 8.48. The molecule has 0 atom stereocenters. The van der Waals surface area contributed by atoms with Crippen LogP contribution in [0.3, 0.4) is 0 Å². The lowest BCUT2D eigenvalue weighted by atomic mass is 10.2. The molecule has 2 aromatic rings. The number of nitrogens with two attached hydrogens (primary N) is 1. The van der Waals surface area contributed by atoms with Gasteiger partial charge in [0, 0.05) is 55.8 Å². The van der Waals surface area contributed by atoms with Crippen molar-refractivity contribution in [3.63, 3.8) is 0 Å². The molecular formula is C18H24ClIN6O2S. The number of sulfonamides is 1. The SMILES string of the molecule is I.NC(=NCCNS(=O)(=O)c1cccnc1)N1CCN(c2ccc(Cl)cc2)CC1. The molecule has 1 fully saturated rings. The molecule has 2 heterocycles. The highest BCUT2D eigenvalue weighted by molar-refractivity contribution is 14.0. The lowest BCUT2D eigenvalue weighted by molar-refractivity contribution is 0.381. The van der Waals surface area contributed by atoms with Gasteiger partial charge in [-0.15, -0.1) is 24.0 Å². The van der Waals surface area contributed by atoms with Crippen LogP contribution in [-0.2, 0) is 10.0 Å². The van der Waals surface area contributed by atoms with Crippen LogP contribution in [0.15, 0.2) is 58.7 Å². The van der Waals surface area contributed by atoms with Crippen LogP contribution in [0.1, 0.15) is 0 Å². The molecule has 1 aliphatic heterocycles. The molecule has 0 radical (unpaired) electrons. The van der Waals surface area contributed by atoms with Crippen LogP contribution in [0.25, 0.3) is 0 Å². The molecule has 1 aromatic carbocycles. The van der Waals surface area contributed by atoms with E-state index >= 15 is 0 Å². The number of nitrogens with one attached hydrogen (secondary N) is 1. The van der Waals surface area contributed by atoms with Gasteiger partial charge in [0.2, 0.25) is 10.0 Å². The maximum atomic E-state index is 12.1. The fourth-order valence-electron chi connectivity index (χ4n) is 2.89. The highest BCUT2D eigenvalue weighted by atomic mass is 127. The zero-order valence-electron chi connectivity index (χ0n) is 15.7. The van der Waals surface area contributed by atoms with Crippen molar-refractivity contribution in [2.24, 2.45) is 10.7 Å². The molecule has 8 nitrogen and oxygen atoms in total. The largest absolute Gasteiger partial charge is 0.370 e. The van der Waals surface area contributed by atoms with Crippen LogP contribution in [0.5, 0.6) is 0 Å². The minimum Gasteiger partial charge on any atom is -0.370 e. The lowest BCUT2D eigenvalue weighted by Gasteiger charge is -2.36. The third-order valence-electron chi connectivity index (χ3n) is 4.42. The molecule has 0 amide bonds. The van der Waals surface area contributed by atoms with Gasteiger partial charge in [-0.25, -0.2) is 13.1 Å². The second kappa shape index (κ2) is 11.0. The summed E-state index contributed by atoms with van der Waals surface area (Å²) in [5.74, 6) is 0.427. The van der Waals surface area contributed by atoms with Crippen molar-refractivity contribution in [3.8, 4) is 0 Å². The Kier molecular flexibility index (Phi) is 8.93. The number of nitrogens with zero attached hydrogens (tertiary/aromatic N) is 4. The summed E-state index contributed by atoms with van der Waals surface area (Å²) < 4.78 is 26.7. The quantitative estimate of drug-likeness (QED) is 0.246. The maximum absolute atomic E-state index is 12.1. The van der Waals surface area contributed by atoms with Crippen LogP contribution < -0.4 is 15.4 Å². The van der Waals surface area contributed by atoms with Gasteiger partial charge in [0.1, 0.15) is 4.90 Å². The van der Waals surface area contributed by atoms with E-state index in [1.165, 1.54) is 18.5 Å². The molecule has 1 saturated heterocycles. The Morgan fingerprint density at radius 3 is 2.48 bits per heavy atom. The number of benzene rings is 1. The van der Waals surface area contributed by atoms with Crippen LogP contribution >= 0.6 is 35.6 Å². The number of halogens is 2. The summed E-state index contributed by atoms with van der Waals surface area (Å²) in [5.41, 5.74) is 7.20. The standard InChI is InChI=1S/C18H23ClN6O2S.HI/c19-15-3-5-16(6-4-15)24-10-12-25(13-11-24)18(20)22-8-9-23-28(26,27)17-2-1-7-21-14-17;/h1-7,14,23H,8-13H2,(H2,20,22);1H. The molecule has 0 spiro atoms. The van der Waals surface area contributed by atoms with Crippen LogP contribution in [-0.4, -0.2) is 63.5 Å². The third-order valence-corrected chi connectivity index (χ3v) is 6.12. The Hall–Kier alpha value is -1.63. The summed E-state index contributed by atoms with van der Waals surface area (Å²) >= 11 is 5.93. The van der Waals surface area contributed by atoms with Crippen molar-refractivity contribution in [2.75, 3.05) is 44.2 Å². The molecule has 0 bridgehead atoms. The number of piperazine rings is 1. The maximum Gasteiger partial charge on any atom is 0.242 e. The second-order valence-electron chi connectivity index (χ2n) is 6.28. The minimum absolute atomic E-state index is 0. The molecule has 0 unspecified atom stereocenters. The Morgan fingerprint density at radius 1 is 1.17 bits per heavy atom. The smallest absolute Gasteiger partial charge is 0.242 e. The first-order chi connectivity index (χ1) is 13.5. The average Bonchev–Trinajstić information content (AvgIpc) is 2.72. The van der Waals surface area contributed by atoms with Gasteiger partial charge in [-0.1, -0.05) is 11.6 Å². The predicted octanol–water partition coefficient (Wildman–Crippen LogP) is 1.77. The van der Waals surface area contributed by atoms with Gasteiger partial charge in [-0.3, -0.25) is 9.98 Å². The monoisotopic (exact) mass is 550 g/mol. The Balaban J connectivity index is 0.00000300.